The van der Waals surface area contributed by atoms with E-state index in [0.717, 1.165) is 4.88 Å². The van der Waals surface area contributed by atoms with Crippen LogP contribution in [0.5, 0.6) is 0 Å². The predicted octanol–water partition coefficient (Wildman–Crippen LogP) is 5.47. The molecule has 1 fully saturated rings. The van der Waals surface area contributed by atoms with Crippen LogP contribution in [0.15, 0.2) is 43.1 Å². The Bertz CT molecular complexity index is 1340. The Morgan fingerprint density at radius 2 is 2.11 bits per heavy atom. The van der Waals surface area contributed by atoms with Gasteiger partial charge in [-0.05, 0) is 38.6 Å². The first-order chi connectivity index (χ1) is 17.5. The number of thiazole rings is 1. The standard InChI is InChI=1S/C26H27F4N5OS/c1-15-13-32-25(37-15)24(36)31-10-5-6-17-12-19-18(23(33-17)16(2)26(28,29)30)7-4-8-21(19)34-22-9-11-35(3)14-20(22)27/h4-8,12-13,20,22,34H,2,9-11,14H2,1,3H3,(H,31,36)/b6-5+/t20-,22+/m0/s1. The van der Waals surface area contributed by atoms with Gasteiger partial charge in [0.15, 0.2) is 5.01 Å². The molecule has 1 saturated heterocycles. The molecule has 2 atom stereocenters. The molecule has 0 bridgehead atoms. The number of nitrogens with one attached hydrogen (secondary N) is 2. The average Bonchev–Trinajstić information content (AvgIpc) is 3.28. The summed E-state index contributed by atoms with van der Waals surface area (Å²) in [4.78, 5) is 23.2. The Morgan fingerprint density at radius 3 is 2.78 bits per heavy atom. The van der Waals surface area contributed by atoms with Gasteiger partial charge in [0, 0.05) is 47.2 Å². The Labute approximate surface area is 216 Å². The topological polar surface area (TPSA) is 70.1 Å². The molecule has 0 aliphatic carbocycles. The SMILES string of the molecule is C=C(c1nc(/C=C/CNC(=O)c2ncc(C)s2)cc2c(N[C@@H]3CCN(C)C[C@@H]3F)cccc12)C(F)(F)F. The van der Waals surface area contributed by atoms with Gasteiger partial charge in [-0.3, -0.25) is 4.79 Å². The summed E-state index contributed by atoms with van der Waals surface area (Å²) in [6.45, 7) is 6.21. The number of anilines is 1. The maximum absolute atomic E-state index is 14.7. The number of nitrogens with zero attached hydrogens (tertiary/aromatic N) is 3. The number of hydrogen-bond donors (Lipinski definition) is 2. The summed E-state index contributed by atoms with van der Waals surface area (Å²) in [5.74, 6) is -0.342. The van der Waals surface area contributed by atoms with E-state index in [9.17, 15) is 22.4 Å². The lowest BCUT2D eigenvalue weighted by atomic mass is 9.99. The number of carbonyl (C=O) groups is 1. The van der Waals surface area contributed by atoms with Gasteiger partial charge in [-0.2, -0.15) is 13.2 Å². The van der Waals surface area contributed by atoms with Crippen molar-refractivity contribution in [2.24, 2.45) is 0 Å². The highest BCUT2D eigenvalue weighted by Crippen LogP contribution is 2.37. The lowest BCUT2D eigenvalue weighted by Crippen LogP contribution is -2.46. The lowest BCUT2D eigenvalue weighted by molar-refractivity contribution is -0.0688. The molecule has 196 valence electrons. The predicted molar refractivity (Wildman–Crippen MR) is 139 cm³/mol. The molecule has 3 heterocycles. The lowest BCUT2D eigenvalue weighted by Gasteiger charge is -2.33. The highest BCUT2D eigenvalue weighted by molar-refractivity contribution is 7.13. The van der Waals surface area contributed by atoms with Crippen molar-refractivity contribution in [3.63, 3.8) is 0 Å². The molecule has 0 spiro atoms. The Hall–Kier alpha value is -3.31. The van der Waals surface area contributed by atoms with E-state index in [2.05, 4.69) is 27.2 Å². The van der Waals surface area contributed by atoms with Crippen molar-refractivity contribution in [2.45, 2.75) is 31.7 Å². The zero-order chi connectivity index (χ0) is 26.7. The Balaban J connectivity index is 1.63. The summed E-state index contributed by atoms with van der Waals surface area (Å²) in [6, 6.07) is 6.07. The second-order valence-electron chi connectivity index (χ2n) is 8.98. The van der Waals surface area contributed by atoms with Crippen molar-refractivity contribution in [3.05, 3.63) is 64.4 Å². The molecular formula is C26H27F4N5OS. The first kappa shape index (κ1) is 26.7. The first-order valence-electron chi connectivity index (χ1n) is 11.7. The number of amides is 1. The third-order valence-corrected chi connectivity index (χ3v) is 7.00. The van der Waals surface area contributed by atoms with Gasteiger partial charge >= 0.3 is 6.18 Å². The zero-order valence-electron chi connectivity index (χ0n) is 20.4. The van der Waals surface area contributed by atoms with Gasteiger partial charge in [0.25, 0.3) is 5.91 Å². The van der Waals surface area contributed by atoms with Crippen molar-refractivity contribution in [1.29, 1.82) is 0 Å². The van der Waals surface area contributed by atoms with Crippen molar-refractivity contribution >= 4 is 45.4 Å². The number of rotatable bonds is 7. The van der Waals surface area contributed by atoms with E-state index >= 15 is 0 Å². The first-order valence-corrected chi connectivity index (χ1v) is 12.5. The number of benzene rings is 1. The van der Waals surface area contributed by atoms with Gasteiger partial charge in [0.05, 0.1) is 23.0 Å². The minimum atomic E-state index is -4.68. The second-order valence-corrected chi connectivity index (χ2v) is 10.2. The molecule has 1 amide bonds. The van der Waals surface area contributed by atoms with Crippen LogP contribution in [0.4, 0.5) is 23.2 Å². The van der Waals surface area contributed by atoms with Gasteiger partial charge in [0.1, 0.15) is 6.17 Å². The number of aryl methyl sites for hydroxylation is 1. The van der Waals surface area contributed by atoms with Crippen LogP contribution in [-0.2, 0) is 0 Å². The molecule has 37 heavy (non-hydrogen) atoms. The number of aromatic nitrogens is 2. The van der Waals surface area contributed by atoms with E-state index in [0.29, 0.717) is 29.0 Å². The van der Waals surface area contributed by atoms with E-state index in [-0.39, 0.29) is 35.8 Å². The molecule has 2 aromatic heterocycles. The van der Waals surface area contributed by atoms with Crippen molar-refractivity contribution in [2.75, 3.05) is 32.0 Å². The molecule has 3 aromatic rings. The number of fused-ring (bicyclic) bond motifs is 1. The summed E-state index contributed by atoms with van der Waals surface area (Å²) in [5, 5.41) is 6.97. The minimum Gasteiger partial charge on any atom is -0.379 e. The molecule has 6 nitrogen and oxygen atoms in total. The second kappa shape index (κ2) is 11.0. The van der Waals surface area contributed by atoms with E-state index in [1.54, 1.807) is 36.5 Å². The summed E-state index contributed by atoms with van der Waals surface area (Å²) in [6.07, 6.45) is -0.506. The van der Waals surface area contributed by atoms with Crippen LogP contribution in [0.1, 0.15) is 32.5 Å². The molecule has 11 heteroatoms. The normalized spacial score (nSPS) is 18.9. The molecule has 1 aliphatic rings. The largest absolute Gasteiger partial charge is 0.417 e. The maximum Gasteiger partial charge on any atom is 0.417 e. The van der Waals surface area contributed by atoms with Crippen LogP contribution in [0, 0.1) is 6.92 Å². The van der Waals surface area contributed by atoms with Crippen molar-refractivity contribution in [1.82, 2.24) is 20.2 Å². The third kappa shape index (κ3) is 6.34. The number of piperidine rings is 1. The summed E-state index contributed by atoms with van der Waals surface area (Å²) < 4.78 is 55.6. The van der Waals surface area contributed by atoms with E-state index in [4.69, 9.17) is 0 Å². The molecule has 0 unspecified atom stereocenters. The molecule has 1 aliphatic heterocycles. The van der Waals surface area contributed by atoms with E-state index in [1.165, 1.54) is 17.4 Å². The third-order valence-electron chi connectivity index (χ3n) is 6.09. The fraction of sp³-hybridized carbons (Fsp3) is 0.346. The van der Waals surface area contributed by atoms with Crippen molar-refractivity contribution in [3.8, 4) is 0 Å². The van der Waals surface area contributed by atoms with Crippen LogP contribution >= 0.6 is 11.3 Å². The number of alkyl halides is 4. The Morgan fingerprint density at radius 1 is 1.32 bits per heavy atom. The van der Waals surface area contributed by atoms with Crippen LogP contribution in [0.2, 0.25) is 0 Å². The zero-order valence-corrected chi connectivity index (χ0v) is 21.2. The molecule has 2 N–H and O–H groups in total. The van der Waals surface area contributed by atoms with Gasteiger partial charge < -0.3 is 15.5 Å². The fourth-order valence-electron chi connectivity index (χ4n) is 4.16. The molecule has 1 aromatic carbocycles. The number of carbonyl (C=O) groups excluding carboxylic acids is 1. The summed E-state index contributed by atoms with van der Waals surface area (Å²) in [7, 11) is 1.85. The van der Waals surface area contributed by atoms with Gasteiger partial charge in [-0.25, -0.2) is 14.4 Å². The number of pyridine rings is 1. The quantitative estimate of drug-likeness (QED) is 0.394. The number of allylic oxidation sites excluding steroid dienone is 1. The van der Waals surface area contributed by atoms with Gasteiger partial charge in [-0.1, -0.05) is 24.8 Å². The highest BCUT2D eigenvalue weighted by atomic mass is 32.1. The number of hydrogen-bond acceptors (Lipinski definition) is 6. The van der Waals surface area contributed by atoms with Crippen LogP contribution in [0.3, 0.4) is 0 Å². The molecule has 4 rings (SSSR count). The summed E-state index contributed by atoms with van der Waals surface area (Å²) in [5.41, 5.74) is -0.590. The molecular weight excluding hydrogens is 506 g/mol. The van der Waals surface area contributed by atoms with E-state index < -0.39 is 24.0 Å². The Kier molecular flexibility index (Phi) is 7.93. The summed E-state index contributed by atoms with van der Waals surface area (Å²) >= 11 is 1.26. The van der Waals surface area contributed by atoms with Crippen LogP contribution in [-0.4, -0.2) is 65.8 Å². The van der Waals surface area contributed by atoms with E-state index in [1.807, 2.05) is 18.9 Å². The smallest absolute Gasteiger partial charge is 0.379 e. The van der Waals surface area contributed by atoms with Crippen molar-refractivity contribution < 1.29 is 22.4 Å². The van der Waals surface area contributed by atoms with Gasteiger partial charge in [0.2, 0.25) is 0 Å². The minimum absolute atomic E-state index is 0.131. The molecule has 0 saturated carbocycles. The van der Waals surface area contributed by atoms with Crippen LogP contribution in [0.25, 0.3) is 22.4 Å². The number of halogens is 4. The maximum atomic E-state index is 14.7. The highest BCUT2D eigenvalue weighted by Gasteiger charge is 2.35. The number of likely N-dealkylation sites (tertiary alicyclic amines) is 1. The van der Waals surface area contributed by atoms with Crippen LogP contribution < -0.4 is 10.6 Å². The monoisotopic (exact) mass is 533 g/mol. The molecule has 0 radical (unpaired) electrons. The fourth-order valence-corrected chi connectivity index (χ4v) is 4.84. The average molecular weight is 534 g/mol. The van der Waals surface area contributed by atoms with Gasteiger partial charge in [-0.15, -0.1) is 11.3 Å².